The lowest BCUT2D eigenvalue weighted by Crippen LogP contribution is -2.70. The fourth-order valence-corrected chi connectivity index (χ4v) is 10.2. The SMILES string of the molecule is C=CCCOC(=O)N(Cc1ccc(F)cc1)C1CC(=NOCc2ccc([N+](=O)[O-])cc2)C2=CC(CCCCO)C(CCCCO)C3c4cc(OC(=O)Nc5ccc(OC)cc5OC)ccc4OC1(OCC=C)C23. The lowest BCUT2D eigenvalue weighted by molar-refractivity contribution is -0.384. The van der Waals surface area contributed by atoms with Gasteiger partial charge < -0.3 is 43.5 Å². The molecule has 1 heterocycles. The molecule has 6 unspecified atom stereocenters. The number of aliphatic hydroxyl groups excluding tert-OH is 2. The number of anilines is 1. The number of nitrogens with zero attached hydrogens (tertiary/aromatic N) is 3. The van der Waals surface area contributed by atoms with E-state index in [1.807, 2.05) is 0 Å². The minimum Gasteiger partial charge on any atom is -0.497 e. The van der Waals surface area contributed by atoms with Gasteiger partial charge in [0, 0.05) is 55.9 Å². The van der Waals surface area contributed by atoms with Crippen LogP contribution in [0.2, 0.25) is 0 Å². The van der Waals surface area contributed by atoms with Crippen LogP contribution in [0.25, 0.3) is 0 Å². The van der Waals surface area contributed by atoms with Crippen LogP contribution in [0, 0.1) is 33.7 Å². The van der Waals surface area contributed by atoms with Crippen molar-refractivity contribution in [2.75, 3.05) is 46.0 Å². The molecule has 0 aromatic heterocycles. The molecule has 0 saturated heterocycles. The van der Waals surface area contributed by atoms with Gasteiger partial charge in [-0.3, -0.25) is 20.3 Å². The van der Waals surface area contributed by atoms with Crippen LogP contribution in [0.5, 0.6) is 23.0 Å². The number of rotatable bonds is 25. The van der Waals surface area contributed by atoms with Crippen molar-refractivity contribution >= 4 is 29.3 Å². The van der Waals surface area contributed by atoms with Crippen LogP contribution < -0.4 is 24.3 Å². The average molecular weight is 1010 g/mol. The van der Waals surface area contributed by atoms with Gasteiger partial charge in [-0.1, -0.05) is 48.4 Å². The van der Waals surface area contributed by atoms with E-state index >= 15 is 0 Å². The second-order valence-corrected chi connectivity index (χ2v) is 18.0. The van der Waals surface area contributed by atoms with Crippen molar-refractivity contribution in [2.45, 2.75) is 82.3 Å². The van der Waals surface area contributed by atoms with Gasteiger partial charge in [-0.25, -0.2) is 14.0 Å². The number of aliphatic hydroxyl groups is 2. The average Bonchev–Trinajstić information content (AvgIpc) is 3.39. The van der Waals surface area contributed by atoms with Gasteiger partial charge in [-0.15, -0.1) is 13.2 Å². The number of unbranched alkanes of at least 4 members (excludes halogenated alkanes) is 2. The smallest absolute Gasteiger partial charge is 0.417 e. The van der Waals surface area contributed by atoms with E-state index in [0.717, 1.165) is 5.57 Å². The number of ether oxygens (including phenoxy) is 6. The molecule has 0 radical (unpaired) electrons. The van der Waals surface area contributed by atoms with E-state index in [9.17, 15) is 34.3 Å². The number of amides is 2. The molecule has 1 aliphatic heterocycles. The summed E-state index contributed by atoms with van der Waals surface area (Å²) in [5.74, 6) is -2.22. The van der Waals surface area contributed by atoms with Crippen LogP contribution in [0.3, 0.4) is 0 Å². The van der Waals surface area contributed by atoms with Gasteiger partial charge in [0.25, 0.3) is 5.69 Å². The molecule has 2 aliphatic carbocycles. The van der Waals surface area contributed by atoms with Crippen LogP contribution in [-0.4, -0.2) is 90.4 Å². The Morgan fingerprint density at radius 3 is 2.34 bits per heavy atom. The van der Waals surface area contributed by atoms with E-state index in [2.05, 4.69) is 24.6 Å². The molecule has 3 aliphatic rings. The Balaban J connectivity index is 1.42. The van der Waals surface area contributed by atoms with Crippen molar-refractivity contribution in [3.05, 3.63) is 155 Å². The van der Waals surface area contributed by atoms with Crippen LogP contribution in [-0.2, 0) is 27.5 Å². The Hall–Kier alpha value is -7.28. The summed E-state index contributed by atoms with van der Waals surface area (Å²) >= 11 is 0. The van der Waals surface area contributed by atoms with E-state index in [1.54, 1.807) is 72.8 Å². The second-order valence-electron chi connectivity index (χ2n) is 18.0. The minimum atomic E-state index is -1.69. The van der Waals surface area contributed by atoms with Crippen molar-refractivity contribution in [3.8, 4) is 23.0 Å². The van der Waals surface area contributed by atoms with Gasteiger partial charge in [0.1, 0.15) is 41.5 Å². The minimum absolute atomic E-state index is 0.00251. The number of nitro benzene ring substituents is 1. The van der Waals surface area contributed by atoms with E-state index in [-0.39, 0.29) is 69.3 Å². The van der Waals surface area contributed by atoms with Crippen LogP contribution in [0.1, 0.15) is 74.0 Å². The number of fused-ring (bicyclic) bond motifs is 2. The summed E-state index contributed by atoms with van der Waals surface area (Å²) in [5.41, 5.74) is 3.36. The number of oxime groups is 1. The molecule has 4 aromatic carbocycles. The fraction of sp³-hybridized carbons (Fsp3) is 0.400. The third-order valence-electron chi connectivity index (χ3n) is 13.5. The number of carbonyl (C=O) groups is 2. The van der Waals surface area contributed by atoms with Crippen LogP contribution in [0.4, 0.5) is 25.4 Å². The molecule has 388 valence electrons. The first-order valence-corrected chi connectivity index (χ1v) is 24.4. The number of halogens is 1. The molecule has 4 aromatic rings. The lowest BCUT2D eigenvalue weighted by atomic mass is 9.55. The first-order chi connectivity index (χ1) is 35.5. The fourth-order valence-electron chi connectivity index (χ4n) is 10.2. The Bertz CT molecular complexity index is 2630. The number of hydrogen-bond acceptors (Lipinski definition) is 14. The van der Waals surface area contributed by atoms with E-state index in [1.165, 1.54) is 43.4 Å². The van der Waals surface area contributed by atoms with Crippen LogP contribution >= 0.6 is 0 Å². The molecule has 1 saturated carbocycles. The normalized spacial score (nSPS) is 21.0. The molecule has 7 rings (SSSR count). The van der Waals surface area contributed by atoms with Gasteiger partial charge in [0.05, 0.1) is 49.7 Å². The molecule has 2 amide bonds. The van der Waals surface area contributed by atoms with Crippen molar-refractivity contribution in [2.24, 2.45) is 22.9 Å². The van der Waals surface area contributed by atoms with E-state index in [0.29, 0.717) is 90.3 Å². The quantitative estimate of drug-likeness (QED) is 0.0245. The molecule has 17 nitrogen and oxygen atoms in total. The standard InChI is InChI=1S/C55H63FN4O13/c1-5-7-29-69-54(64)59(34-36-14-18-39(56)19-15-36)50-33-47(58-71-35-37-16-20-40(21-17-37)60(65)66)44-30-38(12-8-10-26-61)43(13-9-11-27-62)51-45-31-42(23-25-48(45)73-55(50,52(44)51)70-28-6-2)72-53(63)57-46-24-22-41(67-3)32-49(46)68-4/h5-6,14-25,30-32,38,43,50-52,61-62H,1-2,7-13,26-29,33-35H2,3-4H3,(H,57,63). The third kappa shape index (κ3) is 12.7. The Morgan fingerprint density at radius 1 is 0.932 bits per heavy atom. The highest BCUT2D eigenvalue weighted by Crippen LogP contribution is 2.62. The first kappa shape index (κ1) is 53.5. The molecule has 0 bridgehead atoms. The Labute approximate surface area is 424 Å². The predicted molar refractivity (Wildman–Crippen MR) is 270 cm³/mol. The van der Waals surface area contributed by atoms with Gasteiger partial charge in [-0.2, -0.15) is 0 Å². The summed E-state index contributed by atoms with van der Waals surface area (Å²) in [7, 11) is 2.99. The number of nitro groups is 1. The molecule has 6 atom stereocenters. The Morgan fingerprint density at radius 2 is 1.66 bits per heavy atom. The zero-order valence-electron chi connectivity index (χ0n) is 41.1. The topological polar surface area (TPSA) is 210 Å². The zero-order chi connectivity index (χ0) is 51.9. The summed E-state index contributed by atoms with van der Waals surface area (Å²) in [6.45, 7) is 7.64. The van der Waals surface area contributed by atoms with E-state index < -0.39 is 46.6 Å². The summed E-state index contributed by atoms with van der Waals surface area (Å²) in [6.07, 6.45) is 8.01. The largest absolute Gasteiger partial charge is 0.497 e. The lowest BCUT2D eigenvalue weighted by Gasteiger charge is -2.59. The van der Waals surface area contributed by atoms with Gasteiger partial charge in [0.2, 0.25) is 5.79 Å². The number of hydrogen-bond donors (Lipinski definition) is 3. The molecule has 73 heavy (non-hydrogen) atoms. The highest BCUT2D eigenvalue weighted by Gasteiger charge is 2.65. The van der Waals surface area contributed by atoms with Crippen molar-refractivity contribution in [1.29, 1.82) is 0 Å². The number of carbonyl (C=O) groups excluding carboxylic acids is 2. The molecular formula is C55H63FN4O13. The number of benzene rings is 4. The third-order valence-corrected chi connectivity index (χ3v) is 13.5. The second kappa shape index (κ2) is 25.4. The molecule has 0 spiro atoms. The van der Waals surface area contributed by atoms with Gasteiger partial charge >= 0.3 is 12.2 Å². The maximum absolute atomic E-state index is 14.8. The van der Waals surface area contributed by atoms with Crippen molar-refractivity contribution in [3.63, 3.8) is 0 Å². The van der Waals surface area contributed by atoms with Gasteiger partial charge in [0.15, 0.2) is 0 Å². The van der Waals surface area contributed by atoms with Crippen molar-refractivity contribution < 1.29 is 62.4 Å². The summed E-state index contributed by atoms with van der Waals surface area (Å²) < 4.78 is 51.5. The molecular weight excluding hydrogens is 944 g/mol. The highest BCUT2D eigenvalue weighted by atomic mass is 19.1. The predicted octanol–water partition coefficient (Wildman–Crippen LogP) is 10.4. The monoisotopic (exact) mass is 1010 g/mol. The highest BCUT2D eigenvalue weighted by molar-refractivity contribution is 6.03. The number of nitrogens with one attached hydrogen (secondary N) is 1. The van der Waals surface area contributed by atoms with Crippen LogP contribution in [0.15, 0.2) is 127 Å². The molecule has 1 fully saturated rings. The number of methoxy groups -OCH3 is 2. The maximum atomic E-state index is 14.8. The Kier molecular flexibility index (Phi) is 18.6. The molecule has 18 heteroatoms. The van der Waals surface area contributed by atoms with E-state index in [4.69, 9.17) is 38.4 Å². The zero-order valence-corrected chi connectivity index (χ0v) is 41.1. The molecule has 3 N–H and O–H groups in total. The van der Waals surface area contributed by atoms with Gasteiger partial charge in [-0.05, 0) is 115 Å². The number of non-ortho nitro benzene ring substituents is 1. The maximum Gasteiger partial charge on any atom is 0.417 e. The summed E-state index contributed by atoms with van der Waals surface area (Å²) in [6, 6.07) is 20.8. The summed E-state index contributed by atoms with van der Waals surface area (Å²) in [5, 5.41) is 39.1. The first-order valence-electron chi connectivity index (χ1n) is 24.4. The van der Waals surface area contributed by atoms with Crippen molar-refractivity contribution in [1.82, 2.24) is 4.90 Å². The summed E-state index contributed by atoms with van der Waals surface area (Å²) in [4.78, 5) is 47.1. The number of allylic oxidation sites excluding steroid dienone is 1.